The zero-order chi connectivity index (χ0) is 6.97. The van der Waals surface area contributed by atoms with E-state index in [0.29, 0.717) is 6.04 Å². The van der Waals surface area contributed by atoms with E-state index < -0.39 is 0 Å². The van der Waals surface area contributed by atoms with Gasteiger partial charge in [-0.25, -0.2) is 4.68 Å². The minimum Gasteiger partial charge on any atom is -0.384 e. The number of hydrogen-bond acceptors (Lipinski definition) is 3. The van der Waals surface area contributed by atoms with Crippen molar-refractivity contribution in [2.24, 2.45) is 0 Å². The Bertz CT molecular complexity index is 225. The maximum Gasteiger partial charge on any atom is 0.122 e. The van der Waals surface area contributed by atoms with E-state index in [2.05, 4.69) is 10.4 Å². The minimum atomic E-state index is 0.481. The molecule has 54 valence electrons. The summed E-state index contributed by atoms with van der Waals surface area (Å²) in [6.07, 6.45) is 1.73. The van der Waals surface area contributed by atoms with Crippen molar-refractivity contribution in [3.63, 3.8) is 0 Å². The molecule has 2 rings (SSSR count). The average Bonchev–Trinajstić information content (AvgIpc) is 2.12. The summed E-state index contributed by atoms with van der Waals surface area (Å²) in [5.74, 6) is 0.756. The second-order valence-corrected chi connectivity index (χ2v) is 2.51. The van der Waals surface area contributed by atoms with Crippen LogP contribution in [0.15, 0.2) is 12.3 Å². The number of nitrogen functional groups attached to an aromatic ring is 1. The lowest BCUT2D eigenvalue weighted by Crippen LogP contribution is -2.44. The maximum atomic E-state index is 5.62. The van der Waals surface area contributed by atoms with Gasteiger partial charge in [0.15, 0.2) is 0 Å². The van der Waals surface area contributed by atoms with E-state index in [1.807, 2.05) is 10.7 Å². The van der Waals surface area contributed by atoms with E-state index in [1.165, 1.54) is 0 Å². The molecule has 1 aromatic heterocycles. The van der Waals surface area contributed by atoms with Gasteiger partial charge in [0, 0.05) is 13.1 Å². The van der Waals surface area contributed by atoms with Crippen LogP contribution < -0.4 is 11.1 Å². The highest BCUT2D eigenvalue weighted by atomic mass is 15.4. The third-order valence-electron chi connectivity index (χ3n) is 1.81. The Kier molecular flexibility index (Phi) is 1.14. The molecule has 3 N–H and O–H groups in total. The number of aromatic nitrogens is 2. The van der Waals surface area contributed by atoms with Gasteiger partial charge in [-0.05, 0) is 6.07 Å². The van der Waals surface area contributed by atoms with E-state index in [0.717, 1.165) is 18.9 Å². The molecule has 0 bridgehead atoms. The maximum absolute atomic E-state index is 5.62. The van der Waals surface area contributed by atoms with Gasteiger partial charge in [0.2, 0.25) is 0 Å². The SMILES string of the molecule is Nc1ccnn1C1CNC1. The highest BCUT2D eigenvalue weighted by Crippen LogP contribution is 2.13. The molecule has 10 heavy (non-hydrogen) atoms. The number of nitrogens with two attached hydrogens (primary N) is 1. The predicted octanol–water partition coefficient (Wildman–Crippen LogP) is -0.390. The lowest BCUT2D eigenvalue weighted by atomic mass is 10.2. The molecule has 1 aromatic rings. The molecular formula is C6H10N4. The summed E-state index contributed by atoms with van der Waals surface area (Å²) in [6.45, 7) is 1.98. The van der Waals surface area contributed by atoms with Crippen molar-refractivity contribution in [1.29, 1.82) is 0 Å². The monoisotopic (exact) mass is 138 g/mol. The van der Waals surface area contributed by atoms with Crippen LogP contribution in [0.5, 0.6) is 0 Å². The molecule has 0 aromatic carbocycles. The topological polar surface area (TPSA) is 55.9 Å². The number of hydrogen-bond donors (Lipinski definition) is 2. The summed E-state index contributed by atoms with van der Waals surface area (Å²) in [6, 6.07) is 2.30. The smallest absolute Gasteiger partial charge is 0.122 e. The molecule has 1 aliphatic heterocycles. The van der Waals surface area contributed by atoms with Crippen molar-refractivity contribution in [3.8, 4) is 0 Å². The van der Waals surface area contributed by atoms with Crippen LogP contribution in [-0.2, 0) is 0 Å². The average molecular weight is 138 g/mol. The van der Waals surface area contributed by atoms with Crippen molar-refractivity contribution in [3.05, 3.63) is 12.3 Å². The molecule has 0 amide bonds. The normalized spacial score (nSPS) is 18.8. The molecular weight excluding hydrogens is 128 g/mol. The van der Waals surface area contributed by atoms with Gasteiger partial charge in [0.1, 0.15) is 5.82 Å². The van der Waals surface area contributed by atoms with Crippen LogP contribution in [0, 0.1) is 0 Å². The molecule has 0 saturated carbocycles. The highest BCUT2D eigenvalue weighted by molar-refractivity contribution is 5.27. The van der Waals surface area contributed by atoms with E-state index in [-0.39, 0.29) is 0 Å². The Labute approximate surface area is 59.0 Å². The number of anilines is 1. The first-order chi connectivity index (χ1) is 4.88. The lowest BCUT2D eigenvalue weighted by molar-refractivity contribution is 0.322. The van der Waals surface area contributed by atoms with Gasteiger partial charge in [-0.1, -0.05) is 0 Å². The minimum absolute atomic E-state index is 0.481. The summed E-state index contributed by atoms with van der Waals surface area (Å²) in [7, 11) is 0. The number of nitrogens with one attached hydrogen (secondary N) is 1. The summed E-state index contributed by atoms with van der Waals surface area (Å²) in [4.78, 5) is 0. The van der Waals surface area contributed by atoms with Gasteiger partial charge in [-0.3, -0.25) is 0 Å². The molecule has 1 fully saturated rings. The third-order valence-corrected chi connectivity index (χ3v) is 1.81. The second kappa shape index (κ2) is 1.98. The summed E-state index contributed by atoms with van der Waals surface area (Å²) < 4.78 is 1.86. The fourth-order valence-corrected chi connectivity index (χ4v) is 1.08. The molecule has 0 aliphatic carbocycles. The molecule has 4 nitrogen and oxygen atoms in total. The van der Waals surface area contributed by atoms with E-state index in [4.69, 9.17) is 5.73 Å². The van der Waals surface area contributed by atoms with Crippen molar-refractivity contribution in [1.82, 2.24) is 15.1 Å². The first kappa shape index (κ1) is 5.73. The predicted molar refractivity (Wildman–Crippen MR) is 38.5 cm³/mol. The van der Waals surface area contributed by atoms with Crippen LogP contribution in [0.25, 0.3) is 0 Å². The van der Waals surface area contributed by atoms with Crippen LogP contribution in [0.2, 0.25) is 0 Å². The standard InChI is InChI=1S/C6H10N4/c7-6-1-2-9-10(6)5-3-8-4-5/h1-2,5,8H,3-4,7H2. The first-order valence-electron chi connectivity index (χ1n) is 3.37. The Morgan fingerprint density at radius 2 is 2.50 bits per heavy atom. The van der Waals surface area contributed by atoms with Crippen molar-refractivity contribution >= 4 is 5.82 Å². The van der Waals surface area contributed by atoms with Gasteiger partial charge in [0.05, 0.1) is 12.2 Å². The third kappa shape index (κ3) is 0.690. The fraction of sp³-hybridized carbons (Fsp3) is 0.500. The van der Waals surface area contributed by atoms with Crippen LogP contribution in [-0.4, -0.2) is 22.9 Å². The van der Waals surface area contributed by atoms with Crippen molar-refractivity contribution in [2.75, 3.05) is 18.8 Å². The quantitative estimate of drug-likeness (QED) is 0.555. The molecule has 1 aliphatic rings. The largest absolute Gasteiger partial charge is 0.384 e. The van der Waals surface area contributed by atoms with Crippen molar-refractivity contribution < 1.29 is 0 Å². The number of rotatable bonds is 1. The highest BCUT2D eigenvalue weighted by Gasteiger charge is 2.20. The Morgan fingerprint density at radius 3 is 2.90 bits per heavy atom. The second-order valence-electron chi connectivity index (χ2n) is 2.51. The number of nitrogens with zero attached hydrogens (tertiary/aromatic N) is 2. The summed E-state index contributed by atoms with van der Waals surface area (Å²) in [5.41, 5.74) is 5.62. The van der Waals surface area contributed by atoms with Crippen LogP contribution in [0.3, 0.4) is 0 Å². The van der Waals surface area contributed by atoms with Crippen LogP contribution in [0.1, 0.15) is 6.04 Å². The Morgan fingerprint density at radius 1 is 1.70 bits per heavy atom. The fourth-order valence-electron chi connectivity index (χ4n) is 1.08. The molecule has 1 saturated heterocycles. The van der Waals surface area contributed by atoms with Gasteiger partial charge < -0.3 is 11.1 Å². The zero-order valence-corrected chi connectivity index (χ0v) is 5.62. The van der Waals surface area contributed by atoms with Crippen LogP contribution >= 0.6 is 0 Å². The van der Waals surface area contributed by atoms with E-state index in [9.17, 15) is 0 Å². The van der Waals surface area contributed by atoms with E-state index >= 15 is 0 Å². The Hall–Kier alpha value is -1.03. The molecule has 4 heteroatoms. The Balaban J connectivity index is 2.23. The van der Waals surface area contributed by atoms with Crippen LogP contribution in [0.4, 0.5) is 5.82 Å². The molecule has 0 atom stereocenters. The van der Waals surface area contributed by atoms with Crippen molar-refractivity contribution in [2.45, 2.75) is 6.04 Å². The molecule has 0 radical (unpaired) electrons. The molecule has 0 spiro atoms. The first-order valence-corrected chi connectivity index (χ1v) is 3.37. The van der Waals surface area contributed by atoms with Gasteiger partial charge >= 0.3 is 0 Å². The van der Waals surface area contributed by atoms with E-state index in [1.54, 1.807) is 6.20 Å². The van der Waals surface area contributed by atoms with Gasteiger partial charge in [0.25, 0.3) is 0 Å². The zero-order valence-electron chi connectivity index (χ0n) is 5.62. The molecule has 2 heterocycles. The van der Waals surface area contributed by atoms with Gasteiger partial charge in [-0.2, -0.15) is 5.10 Å². The van der Waals surface area contributed by atoms with Gasteiger partial charge in [-0.15, -0.1) is 0 Å². The summed E-state index contributed by atoms with van der Waals surface area (Å²) in [5, 5.41) is 7.25. The lowest BCUT2D eigenvalue weighted by Gasteiger charge is -2.27. The molecule has 0 unspecified atom stereocenters. The summed E-state index contributed by atoms with van der Waals surface area (Å²) >= 11 is 0.